The van der Waals surface area contributed by atoms with Gasteiger partial charge in [0.15, 0.2) is 0 Å². The van der Waals surface area contributed by atoms with Crippen LogP contribution in [0.5, 0.6) is 0 Å². The molecule has 1 rings (SSSR count). The normalized spacial score (nSPS) is 20.1. The summed E-state index contributed by atoms with van der Waals surface area (Å²) in [6.45, 7) is 0.854. The quantitative estimate of drug-likeness (QED) is 0.509. The standard InChI is InChI=1S/C10H17NO4/c1-14-6-2-3-10(13)15-7-8-4-5-9(12)11-8/h8H,2-7H2,1H3,(H,11,12)/t8-/m0/s1. The van der Waals surface area contributed by atoms with Gasteiger partial charge >= 0.3 is 5.97 Å². The van der Waals surface area contributed by atoms with Gasteiger partial charge in [-0.15, -0.1) is 0 Å². The van der Waals surface area contributed by atoms with Crippen LogP contribution in [-0.4, -0.2) is 38.2 Å². The molecule has 0 aromatic carbocycles. The van der Waals surface area contributed by atoms with Crippen LogP contribution in [0.15, 0.2) is 0 Å². The van der Waals surface area contributed by atoms with Gasteiger partial charge in [0.05, 0.1) is 6.04 Å². The molecule has 1 atom stereocenters. The number of rotatable bonds is 6. The van der Waals surface area contributed by atoms with E-state index < -0.39 is 0 Å². The number of amides is 1. The third-order valence-corrected chi connectivity index (χ3v) is 2.26. The first-order valence-corrected chi connectivity index (χ1v) is 5.16. The van der Waals surface area contributed by atoms with Gasteiger partial charge in [-0.2, -0.15) is 0 Å². The zero-order chi connectivity index (χ0) is 11.1. The molecule has 0 saturated carbocycles. The van der Waals surface area contributed by atoms with E-state index in [-0.39, 0.29) is 24.5 Å². The van der Waals surface area contributed by atoms with Crippen LogP contribution in [0.4, 0.5) is 0 Å². The number of nitrogens with one attached hydrogen (secondary N) is 1. The minimum Gasteiger partial charge on any atom is -0.463 e. The Kier molecular flexibility index (Phi) is 5.10. The summed E-state index contributed by atoms with van der Waals surface area (Å²) in [5.74, 6) is -0.191. The van der Waals surface area contributed by atoms with Crippen LogP contribution in [0, 0.1) is 0 Å². The van der Waals surface area contributed by atoms with E-state index in [1.54, 1.807) is 7.11 Å². The monoisotopic (exact) mass is 215 g/mol. The molecule has 1 N–H and O–H groups in total. The maximum Gasteiger partial charge on any atom is 0.305 e. The predicted molar refractivity (Wildman–Crippen MR) is 53.2 cm³/mol. The number of carbonyl (C=O) groups excluding carboxylic acids is 2. The fraction of sp³-hybridized carbons (Fsp3) is 0.800. The Balaban J connectivity index is 2.03. The lowest BCUT2D eigenvalue weighted by atomic mass is 10.2. The lowest BCUT2D eigenvalue weighted by molar-refractivity contribution is -0.144. The molecule has 1 saturated heterocycles. The largest absolute Gasteiger partial charge is 0.463 e. The maximum absolute atomic E-state index is 11.2. The molecule has 1 aliphatic rings. The molecule has 0 unspecified atom stereocenters. The Labute approximate surface area is 89.1 Å². The van der Waals surface area contributed by atoms with E-state index in [0.717, 1.165) is 6.42 Å². The van der Waals surface area contributed by atoms with Crippen LogP contribution < -0.4 is 5.32 Å². The summed E-state index contributed by atoms with van der Waals surface area (Å²) in [5.41, 5.74) is 0. The lowest BCUT2D eigenvalue weighted by Gasteiger charge is -2.10. The van der Waals surface area contributed by atoms with Crippen molar-refractivity contribution in [2.75, 3.05) is 20.3 Å². The SMILES string of the molecule is COCCCC(=O)OC[C@@H]1CCC(=O)N1. The van der Waals surface area contributed by atoms with E-state index in [2.05, 4.69) is 5.32 Å². The number of hydrogen-bond donors (Lipinski definition) is 1. The van der Waals surface area contributed by atoms with E-state index in [1.165, 1.54) is 0 Å². The van der Waals surface area contributed by atoms with Crippen LogP contribution in [0.1, 0.15) is 25.7 Å². The van der Waals surface area contributed by atoms with Crippen LogP contribution in [0.25, 0.3) is 0 Å². The summed E-state index contributed by atoms with van der Waals surface area (Å²) in [6.07, 6.45) is 2.33. The molecule has 5 nitrogen and oxygen atoms in total. The molecule has 1 aliphatic heterocycles. The molecule has 0 aromatic heterocycles. The topological polar surface area (TPSA) is 64.6 Å². The fourth-order valence-corrected chi connectivity index (χ4v) is 1.43. The van der Waals surface area contributed by atoms with Crippen molar-refractivity contribution in [3.8, 4) is 0 Å². The van der Waals surface area contributed by atoms with Crippen LogP contribution in [0.3, 0.4) is 0 Å². The average molecular weight is 215 g/mol. The number of ether oxygens (including phenoxy) is 2. The van der Waals surface area contributed by atoms with Crippen molar-refractivity contribution < 1.29 is 19.1 Å². The fourth-order valence-electron chi connectivity index (χ4n) is 1.43. The molecule has 0 aliphatic carbocycles. The van der Waals surface area contributed by atoms with Crippen molar-refractivity contribution in [2.24, 2.45) is 0 Å². The van der Waals surface area contributed by atoms with Gasteiger partial charge in [0.1, 0.15) is 6.61 Å². The van der Waals surface area contributed by atoms with Crippen LogP contribution in [-0.2, 0) is 19.1 Å². The molecular weight excluding hydrogens is 198 g/mol. The van der Waals surface area contributed by atoms with Gasteiger partial charge in [0, 0.05) is 26.6 Å². The molecule has 1 heterocycles. The van der Waals surface area contributed by atoms with E-state index >= 15 is 0 Å². The Morgan fingerprint density at radius 2 is 2.40 bits per heavy atom. The number of methoxy groups -OCH3 is 1. The molecule has 0 spiro atoms. The summed E-state index contributed by atoms with van der Waals surface area (Å²) in [5, 5.41) is 2.74. The second-order valence-electron chi connectivity index (χ2n) is 3.58. The predicted octanol–water partition coefficient (Wildman–Crippen LogP) is 0.235. The molecule has 0 bridgehead atoms. The Bertz CT molecular complexity index is 229. The van der Waals surface area contributed by atoms with Crippen molar-refractivity contribution in [1.29, 1.82) is 0 Å². The number of hydrogen-bond acceptors (Lipinski definition) is 4. The van der Waals surface area contributed by atoms with Gasteiger partial charge in [0.2, 0.25) is 5.91 Å². The lowest BCUT2D eigenvalue weighted by Crippen LogP contribution is -2.30. The molecule has 86 valence electrons. The van der Waals surface area contributed by atoms with Crippen LogP contribution in [0.2, 0.25) is 0 Å². The van der Waals surface area contributed by atoms with Crippen molar-refractivity contribution in [1.82, 2.24) is 5.32 Å². The first-order chi connectivity index (χ1) is 7.22. The first kappa shape index (κ1) is 12.0. The maximum atomic E-state index is 11.2. The smallest absolute Gasteiger partial charge is 0.305 e. The highest BCUT2D eigenvalue weighted by molar-refractivity contribution is 5.78. The van der Waals surface area contributed by atoms with Gasteiger partial charge in [-0.05, 0) is 12.8 Å². The Morgan fingerprint density at radius 3 is 3.00 bits per heavy atom. The zero-order valence-electron chi connectivity index (χ0n) is 8.95. The second kappa shape index (κ2) is 6.40. The third-order valence-electron chi connectivity index (χ3n) is 2.26. The highest BCUT2D eigenvalue weighted by Crippen LogP contribution is 2.07. The van der Waals surface area contributed by atoms with Gasteiger partial charge in [0.25, 0.3) is 0 Å². The molecule has 15 heavy (non-hydrogen) atoms. The van der Waals surface area contributed by atoms with Crippen molar-refractivity contribution in [3.05, 3.63) is 0 Å². The molecule has 0 radical (unpaired) electrons. The van der Waals surface area contributed by atoms with Gasteiger partial charge in [-0.3, -0.25) is 9.59 Å². The van der Waals surface area contributed by atoms with E-state index in [4.69, 9.17) is 9.47 Å². The Morgan fingerprint density at radius 1 is 1.60 bits per heavy atom. The van der Waals surface area contributed by atoms with E-state index in [1.807, 2.05) is 0 Å². The van der Waals surface area contributed by atoms with Gasteiger partial charge < -0.3 is 14.8 Å². The summed E-state index contributed by atoms with van der Waals surface area (Å²) in [6, 6.07) is 0.00359. The molecule has 1 amide bonds. The highest BCUT2D eigenvalue weighted by atomic mass is 16.5. The molecule has 1 fully saturated rings. The number of carbonyl (C=O) groups is 2. The summed E-state index contributed by atoms with van der Waals surface area (Å²) in [7, 11) is 1.60. The Hall–Kier alpha value is -1.10. The van der Waals surface area contributed by atoms with Crippen molar-refractivity contribution in [3.63, 3.8) is 0 Å². The average Bonchev–Trinajstić information content (AvgIpc) is 2.62. The van der Waals surface area contributed by atoms with Gasteiger partial charge in [-0.25, -0.2) is 0 Å². The van der Waals surface area contributed by atoms with Crippen LogP contribution >= 0.6 is 0 Å². The first-order valence-electron chi connectivity index (χ1n) is 5.16. The minimum absolute atomic E-state index is 0.00359. The van der Waals surface area contributed by atoms with Crippen molar-refractivity contribution >= 4 is 11.9 Å². The van der Waals surface area contributed by atoms with Gasteiger partial charge in [-0.1, -0.05) is 0 Å². The molecule has 5 heteroatoms. The summed E-state index contributed by atoms with van der Waals surface area (Å²) < 4.78 is 9.83. The highest BCUT2D eigenvalue weighted by Gasteiger charge is 2.21. The number of esters is 1. The molecular formula is C10H17NO4. The van der Waals surface area contributed by atoms with E-state index in [0.29, 0.717) is 25.9 Å². The second-order valence-corrected chi connectivity index (χ2v) is 3.58. The summed E-state index contributed by atoms with van der Waals surface area (Å²) >= 11 is 0. The zero-order valence-corrected chi connectivity index (χ0v) is 8.95. The molecule has 0 aromatic rings. The van der Waals surface area contributed by atoms with Crippen molar-refractivity contribution in [2.45, 2.75) is 31.7 Å². The minimum atomic E-state index is -0.229. The summed E-state index contributed by atoms with van der Waals surface area (Å²) in [4.78, 5) is 22.0. The third kappa shape index (κ3) is 4.78. The van der Waals surface area contributed by atoms with E-state index in [9.17, 15) is 9.59 Å².